The van der Waals surface area contributed by atoms with Crippen LogP contribution in [0.1, 0.15) is 16.9 Å². The Morgan fingerprint density at radius 2 is 1.95 bits per heavy atom. The van der Waals surface area contributed by atoms with Crippen molar-refractivity contribution in [2.45, 2.75) is 19.4 Å². The zero-order valence-electron chi connectivity index (χ0n) is 12.3. The molecular weight excluding hydrogens is 300 g/mol. The third-order valence-corrected chi connectivity index (χ3v) is 3.97. The van der Waals surface area contributed by atoms with Gasteiger partial charge in [-0.25, -0.2) is 4.79 Å². The van der Waals surface area contributed by atoms with Gasteiger partial charge in [-0.1, -0.05) is 18.2 Å². The van der Waals surface area contributed by atoms with E-state index >= 15 is 0 Å². The highest BCUT2D eigenvalue weighted by Gasteiger charge is 2.04. The van der Waals surface area contributed by atoms with Crippen molar-refractivity contribution in [3.8, 4) is 0 Å². The van der Waals surface area contributed by atoms with Crippen LogP contribution in [-0.4, -0.2) is 19.1 Å². The van der Waals surface area contributed by atoms with Gasteiger partial charge in [0.15, 0.2) is 0 Å². The molecule has 0 saturated carbocycles. The molecule has 5 nitrogen and oxygen atoms in total. The van der Waals surface area contributed by atoms with Gasteiger partial charge in [0.2, 0.25) is 5.91 Å². The van der Waals surface area contributed by atoms with Crippen molar-refractivity contribution in [1.29, 1.82) is 0 Å². The number of methoxy groups -OCH3 is 1. The maximum Gasteiger partial charge on any atom is 0.407 e. The van der Waals surface area contributed by atoms with Crippen LogP contribution in [0.5, 0.6) is 0 Å². The summed E-state index contributed by atoms with van der Waals surface area (Å²) in [6.07, 6.45) is 0.752. The van der Waals surface area contributed by atoms with Crippen molar-refractivity contribution in [1.82, 2.24) is 5.32 Å². The molecule has 2 aromatic rings. The Kier molecular flexibility index (Phi) is 5.97. The fourth-order valence-corrected chi connectivity index (χ4v) is 2.58. The van der Waals surface area contributed by atoms with Crippen molar-refractivity contribution >= 4 is 29.0 Å². The number of hydrogen-bond acceptors (Lipinski definition) is 4. The molecule has 1 aromatic heterocycles. The quantitative estimate of drug-likeness (QED) is 0.859. The minimum absolute atomic E-state index is 0.00571. The average molecular weight is 318 g/mol. The lowest BCUT2D eigenvalue weighted by Gasteiger charge is -2.07. The van der Waals surface area contributed by atoms with Gasteiger partial charge in [-0.3, -0.25) is 4.79 Å². The van der Waals surface area contributed by atoms with Gasteiger partial charge in [0.1, 0.15) is 0 Å². The summed E-state index contributed by atoms with van der Waals surface area (Å²) in [4.78, 5) is 24.1. The summed E-state index contributed by atoms with van der Waals surface area (Å²) in [5, 5.41) is 7.47. The standard InChI is InChI=1S/C16H18N2O3S/c1-21-16(20)17-11-12-4-6-13(7-5-12)18-15(19)9-8-14-3-2-10-22-14/h2-7,10H,8-9,11H2,1H3,(H,17,20)(H,18,19). The van der Waals surface area contributed by atoms with Crippen molar-refractivity contribution in [2.75, 3.05) is 12.4 Å². The Hall–Kier alpha value is -2.34. The average Bonchev–Trinajstić information content (AvgIpc) is 3.05. The maximum atomic E-state index is 11.9. The van der Waals surface area contributed by atoms with E-state index < -0.39 is 6.09 Å². The number of thiophene rings is 1. The van der Waals surface area contributed by atoms with Crippen LogP contribution in [0.4, 0.5) is 10.5 Å². The van der Waals surface area contributed by atoms with Crippen molar-refractivity contribution in [2.24, 2.45) is 0 Å². The Balaban J connectivity index is 1.77. The van der Waals surface area contributed by atoms with E-state index in [0.29, 0.717) is 13.0 Å². The van der Waals surface area contributed by atoms with Crippen LogP contribution in [0.3, 0.4) is 0 Å². The molecule has 22 heavy (non-hydrogen) atoms. The highest BCUT2D eigenvalue weighted by atomic mass is 32.1. The monoisotopic (exact) mass is 318 g/mol. The molecule has 0 aliphatic heterocycles. The van der Waals surface area contributed by atoms with E-state index in [1.54, 1.807) is 11.3 Å². The summed E-state index contributed by atoms with van der Waals surface area (Å²) in [6.45, 7) is 0.388. The number of rotatable bonds is 6. The zero-order valence-corrected chi connectivity index (χ0v) is 13.1. The minimum Gasteiger partial charge on any atom is -0.453 e. The van der Waals surface area contributed by atoms with Gasteiger partial charge in [-0.05, 0) is 35.6 Å². The van der Waals surface area contributed by atoms with E-state index in [4.69, 9.17) is 0 Å². The Morgan fingerprint density at radius 3 is 2.59 bits per heavy atom. The van der Waals surface area contributed by atoms with E-state index in [9.17, 15) is 9.59 Å². The van der Waals surface area contributed by atoms with Crippen LogP contribution in [0.2, 0.25) is 0 Å². The van der Waals surface area contributed by atoms with Crippen LogP contribution in [0.15, 0.2) is 41.8 Å². The largest absolute Gasteiger partial charge is 0.453 e. The Labute approximate surface area is 133 Å². The van der Waals surface area contributed by atoms with Crippen LogP contribution in [0, 0.1) is 0 Å². The predicted octanol–water partition coefficient (Wildman–Crippen LogP) is 3.18. The van der Waals surface area contributed by atoms with Crippen LogP contribution >= 0.6 is 11.3 Å². The van der Waals surface area contributed by atoms with E-state index in [1.165, 1.54) is 12.0 Å². The lowest BCUT2D eigenvalue weighted by atomic mass is 10.2. The van der Waals surface area contributed by atoms with E-state index in [-0.39, 0.29) is 5.91 Å². The molecule has 0 fully saturated rings. The summed E-state index contributed by atoms with van der Waals surface area (Å²) >= 11 is 1.66. The smallest absolute Gasteiger partial charge is 0.407 e. The number of aryl methyl sites for hydroxylation is 1. The molecule has 1 aromatic carbocycles. The first-order valence-electron chi connectivity index (χ1n) is 6.90. The minimum atomic E-state index is -0.467. The van der Waals surface area contributed by atoms with Crippen LogP contribution in [-0.2, 0) is 22.5 Å². The van der Waals surface area contributed by atoms with Gasteiger partial charge in [-0.15, -0.1) is 11.3 Å². The van der Waals surface area contributed by atoms with Crippen molar-refractivity contribution < 1.29 is 14.3 Å². The molecule has 116 valence electrons. The molecule has 0 spiro atoms. The highest BCUT2D eigenvalue weighted by molar-refractivity contribution is 7.09. The second kappa shape index (κ2) is 8.19. The first-order chi connectivity index (χ1) is 10.7. The molecule has 2 rings (SSSR count). The lowest BCUT2D eigenvalue weighted by Crippen LogP contribution is -2.22. The summed E-state index contributed by atoms with van der Waals surface area (Å²) in [6, 6.07) is 11.4. The Bertz CT molecular complexity index is 609. The lowest BCUT2D eigenvalue weighted by molar-refractivity contribution is -0.116. The summed E-state index contributed by atoms with van der Waals surface area (Å²) < 4.78 is 4.50. The summed E-state index contributed by atoms with van der Waals surface area (Å²) in [7, 11) is 1.32. The van der Waals surface area contributed by atoms with Crippen molar-refractivity contribution in [3.63, 3.8) is 0 Å². The number of carbonyl (C=O) groups is 2. The van der Waals surface area contributed by atoms with Gasteiger partial charge in [-0.2, -0.15) is 0 Å². The molecule has 0 bridgehead atoms. The number of nitrogens with one attached hydrogen (secondary N) is 2. The third-order valence-electron chi connectivity index (χ3n) is 3.04. The molecular formula is C16H18N2O3S. The molecule has 0 radical (unpaired) electrons. The van der Waals surface area contributed by atoms with Gasteiger partial charge in [0.25, 0.3) is 0 Å². The number of hydrogen-bond donors (Lipinski definition) is 2. The molecule has 6 heteroatoms. The van der Waals surface area contributed by atoms with E-state index in [1.807, 2.05) is 41.8 Å². The van der Waals surface area contributed by atoms with Crippen LogP contribution in [0.25, 0.3) is 0 Å². The first-order valence-corrected chi connectivity index (χ1v) is 7.78. The number of ether oxygens (including phenoxy) is 1. The second-order valence-corrected chi connectivity index (χ2v) is 5.70. The second-order valence-electron chi connectivity index (χ2n) is 4.67. The van der Waals surface area contributed by atoms with Crippen molar-refractivity contribution in [3.05, 3.63) is 52.2 Å². The van der Waals surface area contributed by atoms with Gasteiger partial charge >= 0.3 is 6.09 Å². The van der Waals surface area contributed by atoms with Crippen LogP contribution < -0.4 is 10.6 Å². The predicted molar refractivity (Wildman–Crippen MR) is 87.0 cm³/mol. The highest BCUT2D eigenvalue weighted by Crippen LogP contribution is 2.13. The topological polar surface area (TPSA) is 67.4 Å². The fraction of sp³-hybridized carbons (Fsp3) is 0.250. The molecule has 2 amide bonds. The molecule has 1 heterocycles. The molecule has 0 aliphatic carbocycles. The molecule has 2 N–H and O–H groups in total. The zero-order chi connectivity index (χ0) is 15.8. The molecule has 0 atom stereocenters. The molecule has 0 unspecified atom stereocenters. The Morgan fingerprint density at radius 1 is 1.18 bits per heavy atom. The number of alkyl carbamates (subject to hydrolysis) is 1. The molecule has 0 aliphatic rings. The number of amides is 2. The van der Waals surface area contributed by atoms with Gasteiger partial charge in [0.05, 0.1) is 7.11 Å². The van der Waals surface area contributed by atoms with Gasteiger partial charge < -0.3 is 15.4 Å². The molecule has 0 saturated heterocycles. The summed E-state index contributed by atoms with van der Waals surface area (Å²) in [5.41, 5.74) is 1.68. The number of anilines is 1. The van der Waals surface area contributed by atoms with E-state index in [0.717, 1.165) is 17.7 Å². The van der Waals surface area contributed by atoms with Gasteiger partial charge in [0, 0.05) is 23.5 Å². The number of benzene rings is 1. The van der Waals surface area contributed by atoms with E-state index in [2.05, 4.69) is 15.4 Å². The number of carbonyl (C=O) groups excluding carboxylic acids is 2. The first kappa shape index (κ1) is 16.0. The summed E-state index contributed by atoms with van der Waals surface area (Å²) in [5.74, 6) is -0.00571. The third kappa shape index (κ3) is 5.21. The normalized spacial score (nSPS) is 10.0. The fourth-order valence-electron chi connectivity index (χ4n) is 1.87. The SMILES string of the molecule is COC(=O)NCc1ccc(NC(=O)CCc2cccs2)cc1. The maximum absolute atomic E-state index is 11.9.